The van der Waals surface area contributed by atoms with Gasteiger partial charge in [0.25, 0.3) is 0 Å². The van der Waals surface area contributed by atoms with Crippen LogP contribution in [0.15, 0.2) is 69.9 Å². The van der Waals surface area contributed by atoms with E-state index in [1.54, 1.807) is 76.2 Å². The lowest BCUT2D eigenvalue weighted by Gasteiger charge is -2.35. The smallest absolute Gasteiger partial charge is 0.405 e. The van der Waals surface area contributed by atoms with E-state index in [1.807, 2.05) is 18.2 Å². The average molecular weight is 1020 g/mol. The monoisotopic (exact) mass is 1020 g/mol. The molecular formula is C48H69N6O16P. The van der Waals surface area contributed by atoms with E-state index in [2.05, 4.69) is 15.3 Å². The molecule has 0 N–H and O–H groups in total. The van der Waals surface area contributed by atoms with Gasteiger partial charge in [-0.05, 0) is 71.3 Å². The molecule has 0 aromatic heterocycles. The minimum absolute atomic E-state index is 0.277. The van der Waals surface area contributed by atoms with Crippen molar-refractivity contribution in [1.82, 2.24) is 14.3 Å². The van der Waals surface area contributed by atoms with E-state index >= 15 is 4.57 Å². The maximum atomic E-state index is 15.5. The van der Waals surface area contributed by atoms with E-state index in [0.29, 0.717) is 190 Å². The molecule has 0 bridgehead atoms. The highest BCUT2D eigenvalue weighted by molar-refractivity contribution is 7.56. The zero-order valence-electron chi connectivity index (χ0n) is 41.1. The zero-order chi connectivity index (χ0) is 49.6. The lowest BCUT2D eigenvalue weighted by atomic mass is 10.2. The number of hydrogen-bond acceptors (Lipinski definition) is 19. The maximum Gasteiger partial charge on any atom is 0.405 e. The molecule has 3 heterocycles. The van der Waals surface area contributed by atoms with Gasteiger partial charge >= 0.3 is 7.59 Å². The van der Waals surface area contributed by atoms with Crippen LogP contribution in [0.2, 0.25) is 0 Å². The maximum absolute atomic E-state index is 15.5. The van der Waals surface area contributed by atoms with Gasteiger partial charge in [0, 0.05) is 21.1 Å². The molecule has 0 saturated heterocycles. The van der Waals surface area contributed by atoms with E-state index in [-0.39, 0.29) is 19.8 Å². The van der Waals surface area contributed by atoms with Crippen LogP contribution in [0.5, 0.6) is 34.5 Å². The highest BCUT2D eigenvalue weighted by Gasteiger charge is 2.37. The Morgan fingerprint density at radius 2 is 0.521 bits per heavy atom. The molecule has 0 unspecified atom stereocenters. The highest BCUT2D eigenvalue weighted by Crippen LogP contribution is 2.54. The molecule has 0 radical (unpaired) electrons. The van der Waals surface area contributed by atoms with Gasteiger partial charge in [-0.1, -0.05) is 0 Å². The van der Waals surface area contributed by atoms with Gasteiger partial charge in [0.1, 0.15) is 39.6 Å². The fraction of sp³-hybridized carbons (Fsp3) is 0.562. The van der Waals surface area contributed by atoms with Crippen molar-refractivity contribution in [3.63, 3.8) is 0 Å². The molecule has 3 aromatic carbocycles. The zero-order valence-corrected chi connectivity index (χ0v) is 42.0. The van der Waals surface area contributed by atoms with E-state index < -0.39 is 7.59 Å². The van der Waals surface area contributed by atoms with Gasteiger partial charge in [-0.3, -0.25) is 0 Å². The van der Waals surface area contributed by atoms with Crippen LogP contribution in [-0.4, -0.2) is 213 Å². The molecule has 3 aliphatic heterocycles. The summed E-state index contributed by atoms with van der Waals surface area (Å²) in [6, 6.07) is 16.2. The van der Waals surface area contributed by atoms with E-state index in [1.165, 1.54) is 14.3 Å². The summed E-state index contributed by atoms with van der Waals surface area (Å²) in [5.74, 6) is 3.04. The summed E-state index contributed by atoms with van der Waals surface area (Å²) >= 11 is 0. The van der Waals surface area contributed by atoms with Crippen LogP contribution in [0.3, 0.4) is 0 Å². The Morgan fingerprint density at radius 3 is 0.746 bits per heavy atom. The van der Waals surface area contributed by atoms with Crippen molar-refractivity contribution in [2.24, 2.45) is 15.3 Å². The van der Waals surface area contributed by atoms with Crippen LogP contribution in [0.1, 0.15) is 16.7 Å². The van der Waals surface area contributed by atoms with Crippen LogP contribution in [0, 0.1) is 0 Å². The predicted molar refractivity (Wildman–Crippen MR) is 263 cm³/mol. The molecule has 0 amide bonds. The Kier molecular flexibility index (Phi) is 24.8. The molecule has 71 heavy (non-hydrogen) atoms. The van der Waals surface area contributed by atoms with Crippen molar-refractivity contribution in [3.05, 3.63) is 71.3 Å². The van der Waals surface area contributed by atoms with Crippen molar-refractivity contribution in [2.45, 2.75) is 0 Å². The molecule has 0 fully saturated rings. The third kappa shape index (κ3) is 19.4. The molecule has 3 aliphatic rings. The van der Waals surface area contributed by atoms with Crippen LogP contribution in [-0.2, 0) is 47.2 Å². The van der Waals surface area contributed by atoms with Gasteiger partial charge < -0.3 is 71.1 Å². The molecule has 392 valence electrons. The second-order valence-corrected chi connectivity index (χ2v) is 18.2. The minimum atomic E-state index is -3.99. The Labute approximate surface area is 416 Å². The normalized spacial score (nSPS) is 18.7. The highest BCUT2D eigenvalue weighted by atomic mass is 31.2. The van der Waals surface area contributed by atoms with Gasteiger partial charge in [-0.15, -0.1) is 0 Å². The largest absolute Gasteiger partial charge is 0.487 e. The molecule has 6 rings (SSSR count). The topological polar surface area (TPSA) is 202 Å². The van der Waals surface area contributed by atoms with Crippen molar-refractivity contribution in [2.75, 3.05) is 180 Å². The first kappa shape index (κ1) is 55.1. The molecule has 0 spiro atoms. The summed E-state index contributed by atoms with van der Waals surface area (Å²) in [4.78, 5) is 0. The summed E-state index contributed by atoms with van der Waals surface area (Å²) in [6.07, 6.45) is 4.71. The average Bonchev–Trinajstić information content (AvgIpc) is 3.41. The van der Waals surface area contributed by atoms with Gasteiger partial charge in [0.05, 0.1) is 138 Å². The van der Waals surface area contributed by atoms with Gasteiger partial charge in [0.15, 0.2) is 34.5 Å². The second kappa shape index (κ2) is 31.9. The van der Waals surface area contributed by atoms with Crippen molar-refractivity contribution < 1.29 is 75.6 Å². The number of hydrogen-bond donors (Lipinski definition) is 0. The third-order valence-corrected chi connectivity index (χ3v) is 12.9. The fourth-order valence-electron chi connectivity index (χ4n) is 6.61. The van der Waals surface area contributed by atoms with Crippen LogP contribution in [0.4, 0.5) is 0 Å². The first-order valence-electron chi connectivity index (χ1n) is 23.7. The molecular weight excluding hydrogens is 948 g/mol. The Balaban J connectivity index is 1.24. The Bertz CT molecular complexity index is 1910. The van der Waals surface area contributed by atoms with Gasteiger partial charge in [0.2, 0.25) is 0 Å². The van der Waals surface area contributed by atoms with Crippen molar-refractivity contribution in [3.8, 4) is 34.5 Å². The lowest BCUT2D eigenvalue weighted by Crippen LogP contribution is -2.29. The summed E-state index contributed by atoms with van der Waals surface area (Å²) in [5, 5.41) is 14.0. The number of hydrazone groups is 3. The van der Waals surface area contributed by atoms with E-state index in [9.17, 15) is 0 Å². The van der Waals surface area contributed by atoms with Crippen molar-refractivity contribution in [1.29, 1.82) is 0 Å². The van der Waals surface area contributed by atoms with Crippen LogP contribution >= 0.6 is 7.59 Å². The number of fused-ring (bicyclic) bond motifs is 3. The quantitative estimate of drug-likeness (QED) is 0.165. The standard InChI is InChI=1S/C48H69N6O16P/c1-52(49-37-40-4-7-43-46(34-40)68-31-25-62-19-13-56-10-16-59-22-28-65-43)71(55,53(2)50-38-41-5-8-44-47(35-41)69-32-26-63-20-14-57-11-17-60-23-29-66-44)54(3)51-39-42-6-9-45-48(36-42)70-33-27-64-21-15-58-12-18-61-24-30-67-45/h4-9,34-39H,10-33H2,1-3H3/b49-37+,50-38+,51-39+. The van der Waals surface area contributed by atoms with Gasteiger partial charge in [-0.2, -0.15) is 15.3 Å². The summed E-state index contributed by atoms with van der Waals surface area (Å²) in [6.45, 7) is 9.38. The molecule has 22 nitrogen and oxygen atoms in total. The first-order valence-corrected chi connectivity index (χ1v) is 25.3. The molecule has 0 saturated carbocycles. The Morgan fingerprint density at radius 1 is 0.324 bits per heavy atom. The van der Waals surface area contributed by atoms with E-state index in [0.717, 1.165) is 0 Å². The number of benzene rings is 3. The summed E-state index contributed by atoms with van der Waals surface area (Å²) < 4.78 is 106. The third-order valence-electron chi connectivity index (χ3n) is 10.3. The number of nitrogens with zero attached hydrogens (tertiary/aromatic N) is 6. The lowest BCUT2D eigenvalue weighted by molar-refractivity contribution is 0.00708. The molecule has 0 atom stereocenters. The minimum Gasteiger partial charge on any atom is -0.487 e. The van der Waals surface area contributed by atoms with E-state index in [4.69, 9.17) is 71.1 Å². The van der Waals surface area contributed by atoms with Crippen LogP contribution < -0.4 is 28.4 Å². The predicted octanol–water partition coefficient (Wildman–Crippen LogP) is 4.46. The second-order valence-electron chi connectivity index (χ2n) is 15.4. The molecule has 3 aromatic rings. The number of ether oxygens (including phenoxy) is 15. The fourth-order valence-corrected chi connectivity index (χ4v) is 8.30. The summed E-state index contributed by atoms with van der Waals surface area (Å²) in [7, 11) is 0.782. The number of rotatable bonds is 9. The van der Waals surface area contributed by atoms with Crippen LogP contribution in [0.25, 0.3) is 0 Å². The summed E-state index contributed by atoms with van der Waals surface area (Å²) in [5.41, 5.74) is 1.94. The van der Waals surface area contributed by atoms with Gasteiger partial charge in [-0.25, -0.2) is 18.9 Å². The Hall–Kier alpha value is -5.26. The first-order chi connectivity index (χ1) is 34.9. The SMILES string of the molecule is CN(/N=C/c1ccc2c(c1)OCCOCCOCCOCCO2)P(=O)(N(C)/N=C/c1ccc2c(c1)OCCOCCOCCOCCO2)N(C)/N=C/c1ccc2c(c1)OCCOCCOCCOCCO2. The molecule has 23 heteroatoms. The molecule has 0 aliphatic carbocycles. The van der Waals surface area contributed by atoms with Crippen molar-refractivity contribution >= 4 is 26.2 Å².